The minimum atomic E-state index is -4.17. The molecular formula is C30H35ClN4O7S. The van der Waals surface area contributed by atoms with Crippen molar-refractivity contribution in [3.63, 3.8) is 0 Å². The van der Waals surface area contributed by atoms with E-state index in [1.54, 1.807) is 24.3 Å². The van der Waals surface area contributed by atoms with Crippen LogP contribution in [0.15, 0.2) is 72.8 Å². The summed E-state index contributed by atoms with van der Waals surface area (Å²) in [6.07, 6.45) is 1.69. The molecule has 0 heterocycles. The normalized spacial score (nSPS) is 12.6. The number of hydrogen-bond acceptors (Lipinski definition) is 7. The lowest BCUT2D eigenvalue weighted by atomic mass is 10.0. The number of halogens is 1. The Bertz CT molecular complexity index is 1550. The summed E-state index contributed by atoms with van der Waals surface area (Å²) in [6, 6.07) is 18.2. The van der Waals surface area contributed by atoms with Gasteiger partial charge in [0.15, 0.2) is 0 Å². The van der Waals surface area contributed by atoms with E-state index in [0.29, 0.717) is 17.0 Å². The van der Waals surface area contributed by atoms with Crippen molar-refractivity contribution in [3.05, 3.63) is 99.1 Å². The zero-order valence-electron chi connectivity index (χ0n) is 24.4. The van der Waals surface area contributed by atoms with Gasteiger partial charge in [-0.15, -0.1) is 0 Å². The highest BCUT2D eigenvalue weighted by molar-refractivity contribution is 7.92. The van der Waals surface area contributed by atoms with Gasteiger partial charge < -0.3 is 15.0 Å². The Kier molecular flexibility index (Phi) is 11.5. The molecule has 0 fully saturated rings. The lowest BCUT2D eigenvalue weighted by Crippen LogP contribution is -2.54. The third-order valence-electron chi connectivity index (χ3n) is 6.84. The van der Waals surface area contributed by atoms with Crippen molar-refractivity contribution in [2.24, 2.45) is 0 Å². The molecule has 230 valence electrons. The minimum absolute atomic E-state index is 0.0144. The number of benzene rings is 3. The molecule has 13 heteroatoms. The van der Waals surface area contributed by atoms with Crippen molar-refractivity contribution in [1.29, 1.82) is 0 Å². The van der Waals surface area contributed by atoms with E-state index in [4.69, 9.17) is 16.3 Å². The number of sulfonamides is 1. The Morgan fingerprint density at radius 3 is 2.30 bits per heavy atom. The molecule has 0 bridgehead atoms. The predicted molar refractivity (Wildman–Crippen MR) is 166 cm³/mol. The SMILES string of the molecule is CC[C@@H](C)NC(=O)[C@@H](Cc1ccccc1)N(Cc1cccc(Cl)c1)C(=O)CN(c1cc([N+](=O)[O-])ccc1OC)S(C)(=O)=O. The number of ether oxygens (including phenoxy) is 1. The van der Waals surface area contributed by atoms with Crippen LogP contribution in [0.1, 0.15) is 31.4 Å². The van der Waals surface area contributed by atoms with Gasteiger partial charge in [-0.25, -0.2) is 8.42 Å². The number of hydrogen-bond donors (Lipinski definition) is 1. The number of anilines is 1. The summed E-state index contributed by atoms with van der Waals surface area (Å²) >= 11 is 6.23. The molecule has 0 saturated carbocycles. The van der Waals surface area contributed by atoms with Crippen molar-refractivity contribution >= 4 is 44.8 Å². The highest BCUT2D eigenvalue weighted by Gasteiger charge is 2.34. The number of carbonyl (C=O) groups excluding carboxylic acids is 2. The summed E-state index contributed by atoms with van der Waals surface area (Å²) in [5.74, 6) is -1.10. The zero-order chi connectivity index (χ0) is 31.7. The second-order valence-corrected chi connectivity index (χ2v) is 12.4. The summed E-state index contributed by atoms with van der Waals surface area (Å²) < 4.78 is 32.2. The Hall–Kier alpha value is -4.16. The van der Waals surface area contributed by atoms with Crippen LogP contribution in [-0.4, -0.2) is 62.0 Å². The van der Waals surface area contributed by atoms with Crippen molar-refractivity contribution in [2.75, 3.05) is 24.2 Å². The number of amides is 2. The van der Waals surface area contributed by atoms with Crippen LogP contribution in [0.4, 0.5) is 11.4 Å². The van der Waals surface area contributed by atoms with Crippen LogP contribution < -0.4 is 14.4 Å². The fraction of sp³-hybridized carbons (Fsp3) is 0.333. The van der Waals surface area contributed by atoms with Crippen molar-refractivity contribution in [2.45, 2.75) is 45.3 Å². The molecule has 0 aliphatic carbocycles. The van der Waals surface area contributed by atoms with Crippen LogP contribution in [0.25, 0.3) is 0 Å². The molecule has 0 unspecified atom stereocenters. The highest BCUT2D eigenvalue weighted by atomic mass is 35.5. The average molecular weight is 631 g/mol. The van der Waals surface area contributed by atoms with Gasteiger partial charge in [0.05, 0.1) is 18.3 Å². The summed E-state index contributed by atoms with van der Waals surface area (Å²) in [7, 11) is -2.88. The molecule has 0 aliphatic rings. The molecule has 0 radical (unpaired) electrons. The van der Waals surface area contributed by atoms with Gasteiger partial charge in [0.1, 0.15) is 24.0 Å². The van der Waals surface area contributed by atoms with Crippen LogP contribution in [0.5, 0.6) is 5.75 Å². The maximum atomic E-state index is 14.2. The molecule has 3 aromatic rings. The Labute approximate surface area is 256 Å². The predicted octanol–water partition coefficient (Wildman–Crippen LogP) is 4.58. The van der Waals surface area contributed by atoms with Gasteiger partial charge >= 0.3 is 0 Å². The maximum Gasteiger partial charge on any atom is 0.271 e. The lowest BCUT2D eigenvalue weighted by Gasteiger charge is -2.34. The molecule has 1 N–H and O–H groups in total. The van der Waals surface area contributed by atoms with Gasteiger partial charge in [0.25, 0.3) is 5.69 Å². The molecular weight excluding hydrogens is 596 g/mol. The second kappa shape index (κ2) is 14.8. The van der Waals surface area contributed by atoms with E-state index >= 15 is 0 Å². The van der Waals surface area contributed by atoms with Crippen LogP contribution >= 0.6 is 11.6 Å². The van der Waals surface area contributed by atoms with E-state index in [0.717, 1.165) is 22.2 Å². The number of nitro groups is 1. The van der Waals surface area contributed by atoms with E-state index in [-0.39, 0.29) is 36.1 Å². The number of rotatable bonds is 14. The molecule has 0 spiro atoms. The molecule has 11 nitrogen and oxygen atoms in total. The summed E-state index contributed by atoms with van der Waals surface area (Å²) in [4.78, 5) is 40.1. The van der Waals surface area contributed by atoms with Gasteiger partial charge in [-0.2, -0.15) is 0 Å². The van der Waals surface area contributed by atoms with Crippen LogP contribution in [0, 0.1) is 10.1 Å². The summed E-state index contributed by atoms with van der Waals surface area (Å²) in [5, 5.41) is 14.9. The topological polar surface area (TPSA) is 139 Å². The van der Waals surface area contributed by atoms with E-state index in [1.807, 2.05) is 44.2 Å². The number of nitro benzene ring substituents is 1. The highest BCUT2D eigenvalue weighted by Crippen LogP contribution is 2.34. The third kappa shape index (κ3) is 9.16. The fourth-order valence-electron chi connectivity index (χ4n) is 4.41. The standard InChI is InChI=1S/C30H35ClN4O7S/c1-5-21(2)32-30(37)27(17-22-10-7-6-8-11-22)33(19-23-12-9-13-24(31)16-23)29(36)20-34(43(4,40)41)26-18-25(35(38)39)14-15-28(26)42-3/h6-16,18,21,27H,5,17,19-20H2,1-4H3,(H,32,37)/t21-,27-/m1/s1. The molecule has 0 aliphatic heterocycles. The Morgan fingerprint density at radius 2 is 1.72 bits per heavy atom. The van der Waals surface area contributed by atoms with Crippen molar-refractivity contribution < 1.29 is 27.7 Å². The molecule has 3 aromatic carbocycles. The van der Waals surface area contributed by atoms with E-state index in [1.165, 1.54) is 24.1 Å². The first kappa shape index (κ1) is 33.3. The summed E-state index contributed by atoms with van der Waals surface area (Å²) in [5.41, 5.74) is 0.839. The zero-order valence-corrected chi connectivity index (χ0v) is 26.0. The van der Waals surface area contributed by atoms with Crippen molar-refractivity contribution in [1.82, 2.24) is 10.2 Å². The molecule has 2 amide bonds. The number of carbonyl (C=O) groups is 2. The molecule has 0 saturated heterocycles. The lowest BCUT2D eigenvalue weighted by molar-refractivity contribution is -0.384. The molecule has 3 rings (SSSR count). The summed E-state index contributed by atoms with van der Waals surface area (Å²) in [6.45, 7) is 2.95. The smallest absolute Gasteiger partial charge is 0.271 e. The van der Waals surface area contributed by atoms with E-state index in [9.17, 15) is 28.1 Å². The van der Waals surface area contributed by atoms with E-state index < -0.39 is 39.3 Å². The van der Waals surface area contributed by atoms with Crippen LogP contribution in [0.2, 0.25) is 5.02 Å². The fourth-order valence-corrected chi connectivity index (χ4v) is 5.47. The number of non-ortho nitro benzene ring substituents is 1. The number of nitrogens with one attached hydrogen (secondary N) is 1. The van der Waals surface area contributed by atoms with Crippen molar-refractivity contribution in [3.8, 4) is 5.75 Å². The monoisotopic (exact) mass is 630 g/mol. The molecule has 0 aromatic heterocycles. The van der Waals surface area contributed by atoms with Gasteiger partial charge in [0, 0.05) is 36.2 Å². The maximum absolute atomic E-state index is 14.2. The quantitative estimate of drug-likeness (QED) is 0.203. The number of methoxy groups -OCH3 is 1. The molecule has 43 heavy (non-hydrogen) atoms. The van der Waals surface area contributed by atoms with Gasteiger partial charge in [-0.3, -0.25) is 24.0 Å². The third-order valence-corrected chi connectivity index (χ3v) is 8.20. The second-order valence-electron chi connectivity index (χ2n) is 10.1. The van der Waals surface area contributed by atoms with E-state index in [2.05, 4.69) is 5.32 Å². The first-order valence-electron chi connectivity index (χ1n) is 13.5. The Balaban J connectivity index is 2.13. The first-order chi connectivity index (χ1) is 20.3. The van der Waals surface area contributed by atoms with Crippen LogP contribution in [0.3, 0.4) is 0 Å². The van der Waals surface area contributed by atoms with Gasteiger partial charge in [-0.1, -0.05) is 61.0 Å². The molecule has 2 atom stereocenters. The van der Waals surface area contributed by atoms with Crippen LogP contribution in [-0.2, 0) is 32.6 Å². The number of nitrogens with zero attached hydrogens (tertiary/aromatic N) is 3. The van der Waals surface area contributed by atoms with Gasteiger partial charge in [-0.05, 0) is 42.7 Å². The first-order valence-corrected chi connectivity index (χ1v) is 15.7. The van der Waals surface area contributed by atoms with Gasteiger partial charge in [0.2, 0.25) is 21.8 Å². The average Bonchev–Trinajstić information content (AvgIpc) is 2.97. The largest absolute Gasteiger partial charge is 0.495 e. The Morgan fingerprint density at radius 1 is 1.05 bits per heavy atom. The minimum Gasteiger partial charge on any atom is -0.495 e.